The van der Waals surface area contributed by atoms with Gasteiger partial charge in [-0.15, -0.1) is 23.2 Å². The fourth-order valence-electron chi connectivity index (χ4n) is 2.57. The minimum Gasteiger partial charge on any atom is -0.482 e. The van der Waals surface area contributed by atoms with E-state index in [-0.39, 0.29) is 11.7 Å². The zero-order valence-electron chi connectivity index (χ0n) is 8.90. The Kier molecular flexibility index (Phi) is 2.60. The fraction of sp³-hybridized carbons (Fsp3) is 0.385. The van der Waals surface area contributed by atoms with Gasteiger partial charge in [-0.1, -0.05) is 12.1 Å². The summed E-state index contributed by atoms with van der Waals surface area (Å²) in [6, 6.07) is 9.99. The second-order valence-corrected chi connectivity index (χ2v) is 5.85. The first-order valence-corrected chi connectivity index (χ1v) is 6.24. The van der Waals surface area contributed by atoms with E-state index in [1.165, 1.54) is 0 Å². The monoisotopic (exact) mass is 268 g/mol. The van der Waals surface area contributed by atoms with E-state index in [9.17, 15) is 4.79 Å². The highest BCUT2D eigenvalue weighted by Gasteiger charge is 2.64. The first-order valence-electron chi connectivity index (χ1n) is 5.48. The highest BCUT2D eigenvalue weighted by molar-refractivity contribution is 6.51. The second kappa shape index (κ2) is 3.89. The van der Waals surface area contributed by atoms with E-state index in [0.29, 0.717) is 5.75 Å². The Hall–Kier alpha value is -0.730. The van der Waals surface area contributed by atoms with E-state index >= 15 is 0 Å². The number of carbonyl (C=O) groups is 1. The average Bonchev–Trinajstić information content (AvgIpc) is 2.69. The number of alkyl halides is 2. The van der Waals surface area contributed by atoms with Crippen molar-refractivity contribution < 1.29 is 9.53 Å². The predicted molar refractivity (Wildman–Crippen MR) is 65.0 cm³/mol. The van der Waals surface area contributed by atoms with Gasteiger partial charge in [-0.05, 0) is 31.0 Å². The van der Waals surface area contributed by atoms with Crippen LogP contribution in [0.5, 0.6) is 5.75 Å². The molecular formula is C13H10Cl2O2. The summed E-state index contributed by atoms with van der Waals surface area (Å²) in [4.78, 5) is 12.1. The van der Waals surface area contributed by atoms with Gasteiger partial charge in [0.25, 0.3) is 0 Å². The standard InChI is InChI=1S/C13H10Cl2O2/c14-13(15)9-6-7-10(13)12(11(9)16)17-8-4-2-1-3-5-8/h1-2,4-6,9-10,12H,7H2. The van der Waals surface area contributed by atoms with Crippen LogP contribution in [0.4, 0.5) is 0 Å². The molecule has 0 aromatic heterocycles. The Morgan fingerprint density at radius 1 is 1.47 bits per heavy atom. The van der Waals surface area contributed by atoms with Crippen molar-refractivity contribution in [3.63, 3.8) is 0 Å². The number of fused-ring (bicyclic) bond motifs is 2. The van der Waals surface area contributed by atoms with Gasteiger partial charge in [-0.3, -0.25) is 4.79 Å². The molecule has 88 valence electrons. The van der Waals surface area contributed by atoms with E-state index in [1.54, 1.807) is 18.2 Å². The maximum Gasteiger partial charge on any atom is 0.180 e. The molecule has 0 amide bonds. The molecule has 2 radical (unpaired) electrons. The van der Waals surface area contributed by atoms with Crippen molar-refractivity contribution in [3.05, 3.63) is 36.8 Å². The van der Waals surface area contributed by atoms with Crippen LogP contribution in [0.2, 0.25) is 0 Å². The lowest BCUT2D eigenvalue weighted by Crippen LogP contribution is -2.33. The lowest BCUT2D eigenvalue weighted by molar-refractivity contribution is -0.127. The maximum absolute atomic E-state index is 12.1. The van der Waals surface area contributed by atoms with Gasteiger partial charge in [-0.25, -0.2) is 0 Å². The molecule has 0 N–H and O–H groups in total. The minimum absolute atomic E-state index is 0.0184. The predicted octanol–water partition coefficient (Wildman–Crippen LogP) is 2.83. The van der Waals surface area contributed by atoms with Gasteiger partial charge in [0.05, 0.1) is 5.92 Å². The molecule has 17 heavy (non-hydrogen) atoms. The van der Waals surface area contributed by atoms with Crippen LogP contribution in [0.15, 0.2) is 24.3 Å². The smallest absolute Gasteiger partial charge is 0.180 e. The minimum atomic E-state index is -1.000. The molecule has 2 bridgehead atoms. The Morgan fingerprint density at radius 3 is 2.88 bits per heavy atom. The van der Waals surface area contributed by atoms with Crippen LogP contribution in [-0.4, -0.2) is 16.2 Å². The Labute approximate surface area is 110 Å². The highest BCUT2D eigenvalue weighted by Crippen LogP contribution is 2.56. The van der Waals surface area contributed by atoms with Crippen molar-refractivity contribution in [2.24, 2.45) is 11.8 Å². The molecule has 0 spiro atoms. The third-order valence-corrected chi connectivity index (χ3v) is 4.46. The molecule has 4 heteroatoms. The molecular weight excluding hydrogens is 259 g/mol. The van der Waals surface area contributed by atoms with Crippen LogP contribution in [-0.2, 0) is 4.79 Å². The lowest BCUT2D eigenvalue weighted by Gasteiger charge is -2.22. The van der Waals surface area contributed by atoms with Crippen LogP contribution in [0.1, 0.15) is 6.42 Å². The molecule has 3 rings (SSSR count). The molecule has 1 aromatic carbocycles. The molecule has 0 aliphatic heterocycles. The van der Waals surface area contributed by atoms with Crippen molar-refractivity contribution in [3.8, 4) is 5.75 Å². The lowest BCUT2D eigenvalue weighted by atomic mass is 9.96. The Balaban J connectivity index is 1.84. The summed E-state index contributed by atoms with van der Waals surface area (Å²) in [5.74, 6) is 0.0645. The zero-order chi connectivity index (χ0) is 12.0. The van der Waals surface area contributed by atoms with Gasteiger partial charge in [0.2, 0.25) is 0 Å². The second-order valence-electron chi connectivity index (χ2n) is 4.41. The fourth-order valence-corrected chi connectivity index (χ4v) is 3.37. The van der Waals surface area contributed by atoms with E-state index in [2.05, 4.69) is 6.07 Å². The summed E-state index contributed by atoms with van der Waals surface area (Å²) in [5, 5.41) is 0. The zero-order valence-corrected chi connectivity index (χ0v) is 10.4. The molecule has 2 aliphatic carbocycles. The van der Waals surface area contributed by atoms with E-state index < -0.39 is 16.4 Å². The number of Topliss-reactive ketones (excluding diaryl/α,β-unsaturated/α-hetero) is 1. The number of benzene rings is 1. The topological polar surface area (TPSA) is 26.3 Å². The van der Waals surface area contributed by atoms with Gasteiger partial charge >= 0.3 is 0 Å². The summed E-state index contributed by atoms with van der Waals surface area (Å²) in [5.41, 5.74) is 0. The summed E-state index contributed by atoms with van der Waals surface area (Å²) in [7, 11) is 0. The summed E-state index contributed by atoms with van der Waals surface area (Å²) in [6.07, 6.45) is 2.09. The van der Waals surface area contributed by atoms with Crippen LogP contribution in [0, 0.1) is 24.3 Å². The molecule has 2 saturated carbocycles. The first kappa shape index (κ1) is 11.4. The maximum atomic E-state index is 12.1. The molecule has 3 atom stereocenters. The van der Waals surface area contributed by atoms with Crippen LogP contribution in [0.3, 0.4) is 0 Å². The van der Waals surface area contributed by atoms with Crippen molar-refractivity contribution in [2.45, 2.75) is 16.9 Å². The Morgan fingerprint density at radius 2 is 2.29 bits per heavy atom. The van der Waals surface area contributed by atoms with E-state index in [4.69, 9.17) is 27.9 Å². The first-order chi connectivity index (χ1) is 8.10. The third kappa shape index (κ3) is 1.66. The molecule has 0 heterocycles. The third-order valence-electron chi connectivity index (χ3n) is 3.43. The molecule has 2 fully saturated rings. The van der Waals surface area contributed by atoms with Gasteiger partial charge in [0.15, 0.2) is 11.9 Å². The molecule has 3 unspecified atom stereocenters. The summed E-state index contributed by atoms with van der Waals surface area (Å²) in [6.45, 7) is 0. The van der Waals surface area contributed by atoms with Crippen molar-refractivity contribution in [1.29, 1.82) is 0 Å². The van der Waals surface area contributed by atoms with Crippen molar-refractivity contribution >= 4 is 29.0 Å². The molecule has 2 aliphatic rings. The van der Waals surface area contributed by atoms with Gasteiger partial charge in [0.1, 0.15) is 10.1 Å². The van der Waals surface area contributed by atoms with E-state index in [0.717, 1.165) is 6.42 Å². The largest absolute Gasteiger partial charge is 0.482 e. The molecule has 1 aromatic rings. The van der Waals surface area contributed by atoms with Crippen LogP contribution in [0.25, 0.3) is 0 Å². The van der Waals surface area contributed by atoms with Gasteiger partial charge in [-0.2, -0.15) is 0 Å². The van der Waals surface area contributed by atoms with Crippen molar-refractivity contribution in [1.82, 2.24) is 0 Å². The number of ketones is 1. The number of halogens is 2. The molecule has 0 saturated heterocycles. The number of hydrogen-bond acceptors (Lipinski definition) is 2. The van der Waals surface area contributed by atoms with E-state index in [1.807, 2.05) is 12.5 Å². The summed E-state index contributed by atoms with van der Waals surface area (Å²) < 4.78 is 4.69. The highest BCUT2D eigenvalue weighted by atomic mass is 35.5. The Bertz CT molecular complexity index is 444. The van der Waals surface area contributed by atoms with Gasteiger partial charge < -0.3 is 4.74 Å². The molecule has 2 nitrogen and oxygen atoms in total. The number of ether oxygens (including phenoxy) is 1. The number of hydrogen-bond donors (Lipinski definition) is 0. The number of rotatable bonds is 2. The SMILES string of the molecule is O=C1C(Oc2c[c]ccc2)C2C[CH]C1C2(Cl)Cl. The average molecular weight is 269 g/mol. The van der Waals surface area contributed by atoms with Gasteiger partial charge in [0, 0.05) is 5.92 Å². The van der Waals surface area contributed by atoms with Crippen LogP contribution >= 0.6 is 23.2 Å². The summed E-state index contributed by atoms with van der Waals surface area (Å²) >= 11 is 12.4. The normalized spacial score (nSPS) is 34.0. The number of carbonyl (C=O) groups excluding carboxylic acids is 1. The van der Waals surface area contributed by atoms with Crippen LogP contribution < -0.4 is 4.74 Å². The quantitative estimate of drug-likeness (QED) is 0.772. The van der Waals surface area contributed by atoms with Crippen molar-refractivity contribution in [2.75, 3.05) is 0 Å².